The predicted octanol–water partition coefficient (Wildman–Crippen LogP) is 7.32. The number of halogens is 3. The second kappa shape index (κ2) is 9.91. The average Bonchev–Trinajstić information content (AvgIpc) is 2.72. The molecular formula is C26H23F3O5. The monoisotopic (exact) mass is 472 g/mol. The predicted molar refractivity (Wildman–Crippen MR) is 122 cm³/mol. The van der Waals surface area contributed by atoms with E-state index < -0.39 is 12.3 Å². The molecular weight excluding hydrogens is 449 g/mol. The molecule has 3 aromatic carbocycles. The molecule has 0 saturated heterocycles. The minimum absolute atomic E-state index is 0.327. The molecule has 0 aliphatic rings. The van der Waals surface area contributed by atoms with Gasteiger partial charge in [0.25, 0.3) is 0 Å². The molecule has 0 spiro atoms. The SMILES string of the molecule is CC(C)(C)Oc1ccc(Oc2cc(-c3ccc(OC(F)(F)F)cc3)ccc2/C=C/C(=O)O)cc1. The van der Waals surface area contributed by atoms with Crippen LogP contribution in [0.15, 0.2) is 72.8 Å². The first-order chi connectivity index (χ1) is 15.9. The molecule has 0 heterocycles. The molecule has 0 fully saturated rings. The molecule has 0 aromatic heterocycles. The van der Waals surface area contributed by atoms with Crippen LogP contribution >= 0.6 is 0 Å². The molecule has 0 atom stereocenters. The van der Waals surface area contributed by atoms with Gasteiger partial charge in [-0.05, 0) is 80.4 Å². The van der Waals surface area contributed by atoms with Crippen LogP contribution in [0.25, 0.3) is 17.2 Å². The van der Waals surface area contributed by atoms with E-state index in [0.717, 1.165) is 6.08 Å². The van der Waals surface area contributed by atoms with E-state index in [1.165, 1.54) is 30.3 Å². The number of carbonyl (C=O) groups is 1. The van der Waals surface area contributed by atoms with Gasteiger partial charge >= 0.3 is 12.3 Å². The van der Waals surface area contributed by atoms with Crippen LogP contribution in [0.5, 0.6) is 23.0 Å². The zero-order chi connectivity index (χ0) is 24.9. The molecule has 34 heavy (non-hydrogen) atoms. The molecule has 0 aliphatic heterocycles. The zero-order valence-corrected chi connectivity index (χ0v) is 18.7. The molecule has 0 amide bonds. The Balaban J connectivity index is 1.89. The molecule has 0 radical (unpaired) electrons. The Morgan fingerprint density at radius 1 is 0.794 bits per heavy atom. The molecule has 178 valence electrons. The van der Waals surface area contributed by atoms with Crippen LogP contribution in [0.1, 0.15) is 26.3 Å². The van der Waals surface area contributed by atoms with Crippen LogP contribution in [0.3, 0.4) is 0 Å². The van der Waals surface area contributed by atoms with Crippen molar-refractivity contribution in [2.45, 2.75) is 32.7 Å². The van der Waals surface area contributed by atoms with Crippen LogP contribution in [0, 0.1) is 0 Å². The first-order valence-corrected chi connectivity index (χ1v) is 10.3. The molecule has 3 rings (SSSR count). The molecule has 0 unspecified atom stereocenters. The van der Waals surface area contributed by atoms with Crippen molar-refractivity contribution in [2.24, 2.45) is 0 Å². The molecule has 0 bridgehead atoms. The third-order valence-corrected chi connectivity index (χ3v) is 4.32. The summed E-state index contributed by atoms with van der Waals surface area (Å²) in [5.41, 5.74) is 1.45. The minimum Gasteiger partial charge on any atom is -0.488 e. The number of hydrogen-bond acceptors (Lipinski definition) is 4. The first kappa shape index (κ1) is 24.7. The van der Waals surface area contributed by atoms with Crippen LogP contribution in [-0.2, 0) is 4.79 Å². The lowest BCUT2D eigenvalue weighted by molar-refractivity contribution is -0.274. The third-order valence-electron chi connectivity index (χ3n) is 4.32. The number of ether oxygens (including phenoxy) is 3. The van der Waals surface area contributed by atoms with Crippen molar-refractivity contribution < 1.29 is 37.3 Å². The van der Waals surface area contributed by atoms with Gasteiger partial charge in [0.1, 0.15) is 28.6 Å². The van der Waals surface area contributed by atoms with E-state index in [4.69, 9.17) is 14.6 Å². The largest absolute Gasteiger partial charge is 0.573 e. The van der Waals surface area contributed by atoms with Crippen molar-refractivity contribution in [3.05, 3.63) is 78.4 Å². The summed E-state index contributed by atoms with van der Waals surface area (Å²) in [5.74, 6) is 0.0958. The normalized spacial score (nSPS) is 11.9. The van der Waals surface area contributed by atoms with E-state index in [1.807, 2.05) is 20.8 Å². The Hall–Kier alpha value is -3.94. The molecule has 1 N–H and O–H groups in total. The Kier molecular flexibility index (Phi) is 7.20. The molecule has 0 saturated carbocycles. The smallest absolute Gasteiger partial charge is 0.488 e. The maximum absolute atomic E-state index is 12.4. The molecule has 3 aromatic rings. The van der Waals surface area contributed by atoms with E-state index in [2.05, 4.69) is 4.74 Å². The lowest BCUT2D eigenvalue weighted by Crippen LogP contribution is -2.22. The lowest BCUT2D eigenvalue weighted by Gasteiger charge is -2.21. The van der Waals surface area contributed by atoms with E-state index in [1.54, 1.807) is 42.5 Å². The second-order valence-electron chi connectivity index (χ2n) is 8.28. The van der Waals surface area contributed by atoms with Gasteiger partial charge in [0.2, 0.25) is 0 Å². The Bertz CT molecular complexity index is 1160. The van der Waals surface area contributed by atoms with Crippen molar-refractivity contribution in [1.29, 1.82) is 0 Å². The van der Waals surface area contributed by atoms with Gasteiger partial charge in [-0.25, -0.2) is 4.79 Å². The topological polar surface area (TPSA) is 65.0 Å². The maximum atomic E-state index is 12.4. The highest BCUT2D eigenvalue weighted by Gasteiger charge is 2.31. The lowest BCUT2D eigenvalue weighted by atomic mass is 10.0. The van der Waals surface area contributed by atoms with Crippen molar-refractivity contribution in [3.8, 4) is 34.1 Å². The summed E-state index contributed by atoms with van der Waals surface area (Å²) >= 11 is 0. The number of aliphatic carboxylic acids is 1. The standard InChI is InChI=1S/C26H23F3O5/c1-25(2,3)33-21-13-11-20(12-14-21)32-23-16-19(5-4-18(23)8-15-24(30)31)17-6-9-22(10-7-17)34-26(27,28)29/h4-16H,1-3H3,(H,30,31)/b15-8+. The van der Waals surface area contributed by atoms with Crippen LogP contribution in [0.2, 0.25) is 0 Å². The molecule has 8 heteroatoms. The highest BCUT2D eigenvalue weighted by Crippen LogP contribution is 2.34. The van der Waals surface area contributed by atoms with Gasteiger partial charge in [-0.15, -0.1) is 13.2 Å². The number of hydrogen-bond donors (Lipinski definition) is 1. The van der Waals surface area contributed by atoms with E-state index in [9.17, 15) is 18.0 Å². The maximum Gasteiger partial charge on any atom is 0.573 e. The van der Waals surface area contributed by atoms with Crippen molar-refractivity contribution in [1.82, 2.24) is 0 Å². The summed E-state index contributed by atoms with van der Waals surface area (Å²) in [6.45, 7) is 5.81. The Morgan fingerprint density at radius 3 is 1.88 bits per heavy atom. The van der Waals surface area contributed by atoms with E-state index in [-0.39, 0.29) is 11.4 Å². The van der Waals surface area contributed by atoms with Gasteiger partial charge in [-0.1, -0.05) is 24.3 Å². The van der Waals surface area contributed by atoms with Gasteiger partial charge in [-0.3, -0.25) is 0 Å². The fraction of sp³-hybridized carbons (Fsp3) is 0.192. The minimum atomic E-state index is -4.77. The summed E-state index contributed by atoms with van der Waals surface area (Å²) in [5, 5.41) is 8.98. The summed E-state index contributed by atoms with van der Waals surface area (Å²) in [4.78, 5) is 11.0. The molecule has 0 aliphatic carbocycles. The second-order valence-corrected chi connectivity index (χ2v) is 8.28. The van der Waals surface area contributed by atoms with Gasteiger partial charge in [0.15, 0.2) is 0 Å². The van der Waals surface area contributed by atoms with Crippen LogP contribution in [0.4, 0.5) is 13.2 Å². The Morgan fingerprint density at radius 2 is 1.32 bits per heavy atom. The van der Waals surface area contributed by atoms with Gasteiger partial charge in [0.05, 0.1) is 0 Å². The first-order valence-electron chi connectivity index (χ1n) is 10.3. The Labute approximate surface area is 195 Å². The van der Waals surface area contributed by atoms with Gasteiger partial charge in [0, 0.05) is 11.6 Å². The summed E-state index contributed by atoms with van der Waals surface area (Å²) < 4.78 is 52.9. The van der Waals surface area contributed by atoms with E-state index >= 15 is 0 Å². The molecule has 5 nitrogen and oxygen atoms in total. The number of benzene rings is 3. The van der Waals surface area contributed by atoms with Crippen molar-refractivity contribution in [3.63, 3.8) is 0 Å². The highest BCUT2D eigenvalue weighted by atomic mass is 19.4. The average molecular weight is 472 g/mol. The summed E-state index contributed by atoms with van der Waals surface area (Å²) in [6, 6.07) is 17.5. The van der Waals surface area contributed by atoms with Crippen LogP contribution < -0.4 is 14.2 Å². The summed E-state index contributed by atoms with van der Waals surface area (Å²) in [7, 11) is 0. The third kappa shape index (κ3) is 7.58. The zero-order valence-electron chi connectivity index (χ0n) is 18.7. The van der Waals surface area contributed by atoms with Crippen molar-refractivity contribution >= 4 is 12.0 Å². The number of carboxylic acid groups (broad SMARTS) is 1. The number of alkyl halides is 3. The van der Waals surface area contributed by atoms with E-state index in [0.29, 0.717) is 33.9 Å². The quantitative estimate of drug-likeness (QED) is 0.365. The fourth-order valence-corrected chi connectivity index (χ4v) is 3.01. The fourth-order valence-electron chi connectivity index (χ4n) is 3.01. The van der Waals surface area contributed by atoms with Gasteiger partial charge in [-0.2, -0.15) is 0 Å². The number of carboxylic acids is 1. The number of rotatable bonds is 7. The van der Waals surface area contributed by atoms with Crippen LogP contribution in [-0.4, -0.2) is 23.0 Å². The van der Waals surface area contributed by atoms with Gasteiger partial charge < -0.3 is 19.3 Å². The highest BCUT2D eigenvalue weighted by molar-refractivity contribution is 5.86. The van der Waals surface area contributed by atoms with Crippen molar-refractivity contribution in [2.75, 3.05) is 0 Å². The summed E-state index contributed by atoms with van der Waals surface area (Å²) in [6.07, 6.45) is -2.38.